The molecule has 0 spiro atoms. The Balaban J connectivity index is 0.000000295. The van der Waals surface area contributed by atoms with Crippen molar-refractivity contribution < 1.29 is 169 Å². The van der Waals surface area contributed by atoms with Gasteiger partial charge in [0.05, 0.1) is 117 Å². The summed E-state index contributed by atoms with van der Waals surface area (Å²) in [4.78, 5) is 4.95. The van der Waals surface area contributed by atoms with Gasteiger partial charge in [0.25, 0.3) is 0 Å². The van der Waals surface area contributed by atoms with Crippen LogP contribution in [0.1, 0.15) is 405 Å². The number of hydrogen-bond acceptors (Lipinski definition) is 21. The van der Waals surface area contributed by atoms with Gasteiger partial charge >= 0.3 is 0 Å². The molecule has 0 amide bonds. The largest absolute Gasteiger partial charge is 0.497 e. The maximum atomic E-state index is 11.8. The molecule has 7 N–H and O–H groups in total. The number of methoxy groups -OCH3 is 7. The minimum Gasteiger partial charge on any atom is -0.497 e. The molecule has 140 heavy (non-hydrogen) atoms. The van der Waals surface area contributed by atoms with E-state index in [0.717, 1.165) is 125 Å². The Bertz CT molecular complexity index is 7660. The summed E-state index contributed by atoms with van der Waals surface area (Å²) >= 11 is 0. The molecule has 0 aliphatic heterocycles. The van der Waals surface area contributed by atoms with Crippen molar-refractivity contribution in [1.29, 1.82) is 0 Å². The molecule has 0 saturated heterocycles. The number of benzene rings is 7. The first-order valence-corrected chi connectivity index (χ1v) is 46.3. The standard InChI is InChI=1S/7C17H27NO2/c7*1-18(2)13-16(17(19)11-5-4-6-12-17)14-7-9-15(20-3)10-8-14/h7*7-10,16,19H,4-6,11-13H2,1-3H3/t7*16-/m1111111/s1/i1D3,3D3,4D2,5D2,6D2,11D2,12D2;3D3,4D2,5D2,6D2,11D2,12D2;1D3,2D3,3D3,13D2,16D;1D3,3D3,13D2,16D;1D3,2D3,3D3,16D;3D3,13D2,16D;1D3,3D3,16D. The van der Waals surface area contributed by atoms with Crippen molar-refractivity contribution in [3.8, 4) is 40.2 Å². The van der Waals surface area contributed by atoms with Gasteiger partial charge in [-0.25, -0.2) is 0 Å². The van der Waals surface area contributed by atoms with Crippen LogP contribution in [0.25, 0.3) is 0 Å². The van der Waals surface area contributed by atoms with Crippen LogP contribution in [0.5, 0.6) is 40.2 Å². The lowest BCUT2D eigenvalue weighted by Gasteiger charge is -2.40. The van der Waals surface area contributed by atoms with Crippen LogP contribution >= 0.6 is 0 Å². The van der Waals surface area contributed by atoms with E-state index in [2.05, 4.69) is 0 Å². The molecule has 7 fully saturated rings. The molecular weight excluding hydrogens is 1750 g/mol. The monoisotopic (exact) mass is 2010 g/mol. The Morgan fingerprint density at radius 3 is 0.664 bits per heavy atom. The summed E-state index contributed by atoms with van der Waals surface area (Å²) in [5, 5.41) is 80.3. The molecule has 0 bridgehead atoms. The number of ether oxygens (including phenoxy) is 7. The Kier molecular flexibility index (Phi) is 21.3. The molecule has 0 aromatic heterocycles. The summed E-state index contributed by atoms with van der Waals surface area (Å²) in [6, 6.07) is 36.1. The Morgan fingerprint density at radius 1 is 0.236 bits per heavy atom. The first-order chi connectivity index (χ1) is 95.1. The number of nitrogens with zero attached hydrogens (tertiary/aromatic N) is 7. The molecule has 7 aromatic carbocycles. The van der Waals surface area contributed by atoms with E-state index in [1.165, 1.54) is 152 Å². The highest BCUT2D eigenvalue weighted by Crippen LogP contribution is 2.49. The molecule has 0 radical (unpaired) electrons. The highest BCUT2D eigenvalue weighted by atomic mass is 16.5. The zero-order chi connectivity index (χ0) is 165. The van der Waals surface area contributed by atoms with Crippen LogP contribution in [-0.4, -0.2) is 302 Å². The van der Waals surface area contributed by atoms with Gasteiger partial charge in [-0.05, 0) is 312 Å². The molecule has 14 rings (SSSR count). The summed E-state index contributed by atoms with van der Waals surface area (Å²) in [7, 11) is -9.18. The van der Waals surface area contributed by atoms with Crippen molar-refractivity contribution >= 4 is 0 Å². The molecular formula is C119H189N7O14. The fourth-order valence-corrected chi connectivity index (χ4v) is 17.9. The molecule has 7 aliphatic carbocycles. The van der Waals surface area contributed by atoms with Gasteiger partial charge in [0, 0.05) is 158 Å². The van der Waals surface area contributed by atoms with Gasteiger partial charge in [0.15, 0.2) is 0 Å². The van der Waals surface area contributed by atoms with Crippen molar-refractivity contribution in [2.45, 2.75) is 305 Å². The van der Waals surface area contributed by atoms with Gasteiger partial charge < -0.3 is 103 Å². The minimum atomic E-state index is -3.81. The fraction of sp³-hybridized carbons (Fsp3) is 0.647. The maximum Gasteiger partial charge on any atom is 0.118 e. The van der Waals surface area contributed by atoms with Crippen LogP contribution in [0.2, 0.25) is 0 Å². The highest BCUT2D eigenvalue weighted by molar-refractivity contribution is 5.38. The summed E-state index contributed by atoms with van der Waals surface area (Å²) in [6.07, 6.45) is -24.3. The number of likely N-dealkylation sites (N-methyl/N-ethyl adjacent to an activating group) is 7. The lowest BCUT2D eigenvalue weighted by atomic mass is 9.72. The summed E-state index contributed by atoms with van der Waals surface area (Å²) in [5.74, 6) is -14.3. The topological polar surface area (TPSA) is 229 Å². The summed E-state index contributed by atoms with van der Waals surface area (Å²) < 4.78 is 606. The number of aliphatic hydroxyl groups is 7. The van der Waals surface area contributed by atoms with Crippen LogP contribution in [0, 0.1) is 0 Å². The van der Waals surface area contributed by atoms with Gasteiger partial charge in [-0.15, -0.1) is 0 Å². The third-order valence-electron chi connectivity index (χ3n) is 25.0. The van der Waals surface area contributed by atoms with Crippen LogP contribution < -0.4 is 33.2 Å². The smallest absolute Gasteiger partial charge is 0.118 e. The molecule has 0 heterocycles. The van der Waals surface area contributed by atoms with Crippen molar-refractivity contribution in [2.75, 3.05) is 193 Å². The molecule has 7 aromatic rings. The third-order valence-corrected chi connectivity index (χ3v) is 25.0. The zero-order valence-corrected chi connectivity index (χ0v) is 80.4. The number of hydrogen-bond donors (Lipinski definition) is 7. The van der Waals surface area contributed by atoms with Crippen molar-refractivity contribution in [3.63, 3.8) is 0 Å². The van der Waals surface area contributed by atoms with Crippen molar-refractivity contribution in [3.05, 3.63) is 209 Å². The van der Waals surface area contributed by atoms with E-state index in [-0.39, 0.29) is 129 Å². The quantitative estimate of drug-likeness (QED) is 0.0196. The lowest BCUT2D eigenvalue weighted by molar-refractivity contribution is -0.0280. The Hall–Kier alpha value is -7.42. The van der Waals surface area contributed by atoms with Gasteiger partial charge in [0.2, 0.25) is 0 Å². The van der Waals surface area contributed by atoms with Gasteiger partial charge in [-0.2, -0.15) is 0 Å². The normalized spacial score (nSPS) is 33.9. The van der Waals surface area contributed by atoms with E-state index in [4.69, 9.17) is 132 Å². The second-order valence-electron chi connectivity index (χ2n) is 36.1. The van der Waals surface area contributed by atoms with E-state index in [0.29, 0.717) is 85.1 Å². The van der Waals surface area contributed by atoms with Crippen LogP contribution in [-0.2, 0) is 0 Å². The van der Waals surface area contributed by atoms with Gasteiger partial charge in [0.1, 0.15) is 40.2 Å². The predicted octanol–water partition coefficient (Wildman–Crippen LogP) is 21.2. The first kappa shape index (κ1) is 50.8. The van der Waals surface area contributed by atoms with E-state index >= 15 is 0 Å². The molecule has 21 nitrogen and oxygen atoms in total. The van der Waals surface area contributed by atoms with Crippen LogP contribution in [0.15, 0.2) is 170 Å². The summed E-state index contributed by atoms with van der Waals surface area (Å²) in [5.41, 5.74) is -14.9. The molecule has 784 valence electrons. The third kappa shape index (κ3) is 36.7. The Morgan fingerprint density at radius 2 is 0.436 bits per heavy atom. The van der Waals surface area contributed by atoms with Crippen molar-refractivity contribution in [2.24, 2.45) is 0 Å². The van der Waals surface area contributed by atoms with E-state index in [1.807, 2.05) is 0 Å². The molecule has 7 aliphatic rings. The predicted molar refractivity (Wildman–Crippen MR) is 576 cm³/mol. The van der Waals surface area contributed by atoms with E-state index in [1.54, 1.807) is 14.1 Å². The SMILES string of the molecule is [2H]C([2H])([2H])Oc1ccc([C@@H](CN(C)C([2H])([2H])[2H])C2(O)C([2H])([2H])C([2H])([2H])C([2H])([2H])C([2H])([2H])C2([2H])[2H])cc1.[2H]C([2H])([2H])Oc1ccc([C@@H](CN(C)C)C2(O)C([2H])([2H])C([2H])([2H])C([2H])([2H])C([2H])([2H])C2([2H])[2H])cc1.[2H]C([2H])([2H])Oc1ccc([C@@]([2H])(CN(C([2H])([2H])[2H])C([2H])([2H])[2H])C2(O)CCCCC2)cc1.[2H]C([2H])([2H])Oc1ccc([C@@]([2H])(CN(C)C([2H])([2H])[2H])C2(O)CCCCC2)cc1.[2H]C([2H])([2H])Oc1ccc([C@]([2H])(C2(O)CCCCC2)C([2H])([2H])N(C([2H])([2H])[2H])C([2H])([2H])[2H])cc1.[2H]C([2H])([2H])Oc1ccc([C@]([2H])(C2(O)CCCCC2)C([2H])([2H])N(C)C([2H])([2H])[2H])cc1.[2H]C([2H])([2H])Oc1ccc([C@]([2H])(C2(O)CCCCC2)C([2H])([2H])N(C)C)cc1. The zero-order valence-electron chi connectivity index (χ0n) is 153. The molecule has 21 heteroatoms. The number of rotatable bonds is 35. The van der Waals surface area contributed by atoms with E-state index < -0.39 is 275 Å². The van der Waals surface area contributed by atoms with Gasteiger partial charge in [-0.3, -0.25) is 0 Å². The van der Waals surface area contributed by atoms with Crippen LogP contribution in [0.4, 0.5) is 0 Å². The molecule has 7 saturated carbocycles. The second-order valence-corrected chi connectivity index (χ2v) is 36.1. The molecule has 0 unspecified atom stereocenters. The first-order valence-electron chi connectivity index (χ1n) is 82.8. The van der Waals surface area contributed by atoms with Gasteiger partial charge in [-0.1, -0.05) is 219 Å². The Labute approximate surface area is 949 Å². The maximum absolute atomic E-state index is 11.8. The minimum absolute atomic E-state index is 0.00327. The highest BCUT2D eigenvalue weighted by Gasteiger charge is 2.46. The average molecular weight is 2020 g/mol. The van der Waals surface area contributed by atoms with E-state index in [9.17, 15) is 37.1 Å². The van der Waals surface area contributed by atoms with Crippen molar-refractivity contribution in [1.82, 2.24) is 34.3 Å². The van der Waals surface area contributed by atoms with Crippen LogP contribution in [0.3, 0.4) is 0 Å². The summed E-state index contributed by atoms with van der Waals surface area (Å²) in [6.45, 7) is -31.3. The fourth-order valence-electron chi connectivity index (χ4n) is 17.9. The average Bonchev–Trinajstić information content (AvgIpc) is 0.653. The lowest BCUT2D eigenvalue weighted by Crippen LogP contribution is -2.42. The molecule has 7 atom stereocenters. The second kappa shape index (κ2) is 58.7.